The van der Waals surface area contributed by atoms with Gasteiger partial charge >= 0.3 is 12.0 Å². The Morgan fingerprint density at radius 3 is 1.95 bits per heavy atom. The Labute approximate surface area is 129 Å². The molecule has 0 aliphatic heterocycles. The van der Waals surface area contributed by atoms with Crippen LogP contribution in [0.2, 0.25) is 0 Å². The molecule has 0 aromatic heterocycles. The Morgan fingerprint density at radius 1 is 0.864 bits per heavy atom. The fourth-order valence-electron chi connectivity index (χ4n) is 2.15. The number of methoxy groups -OCH3 is 1. The van der Waals surface area contributed by atoms with E-state index in [1.807, 2.05) is 32.0 Å². The fourth-order valence-corrected chi connectivity index (χ4v) is 2.15. The Kier molecular flexibility index (Phi) is 4.78. The van der Waals surface area contributed by atoms with E-state index in [-0.39, 0.29) is 6.03 Å². The molecule has 2 amide bonds. The van der Waals surface area contributed by atoms with Crippen LogP contribution in [0.15, 0.2) is 42.5 Å². The largest absolute Gasteiger partial charge is 0.465 e. The molecule has 0 fully saturated rings. The molecule has 2 N–H and O–H groups in total. The van der Waals surface area contributed by atoms with Crippen LogP contribution in [0.5, 0.6) is 0 Å². The highest BCUT2D eigenvalue weighted by atomic mass is 16.5. The van der Waals surface area contributed by atoms with Gasteiger partial charge in [0.1, 0.15) is 0 Å². The summed E-state index contributed by atoms with van der Waals surface area (Å²) in [5, 5.41) is 5.49. The molecule has 0 heterocycles. The van der Waals surface area contributed by atoms with E-state index >= 15 is 0 Å². The van der Waals surface area contributed by atoms with Crippen LogP contribution in [0.25, 0.3) is 0 Å². The summed E-state index contributed by atoms with van der Waals surface area (Å²) in [6.45, 7) is 3.95. The average Bonchev–Trinajstić information content (AvgIpc) is 2.46. The fraction of sp³-hybridized carbons (Fsp3) is 0.176. The lowest BCUT2D eigenvalue weighted by Crippen LogP contribution is -2.19. The molecule has 0 spiro atoms. The van der Waals surface area contributed by atoms with Gasteiger partial charge in [-0.15, -0.1) is 0 Å². The van der Waals surface area contributed by atoms with Gasteiger partial charge in [-0.2, -0.15) is 0 Å². The van der Waals surface area contributed by atoms with E-state index in [9.17, 15) is 9.59 Å². The molecule has 0 saturated heterocycles. The average molecular weight is 298 g/mol. The maximum Gasteiger partial charge on any atom is 0.337 e. The van der Waals surface area contributed by atoms with Gasteiger partial charge in [0, 0.05) is 11.4 Å². The van der Waals surface area contributed by atoms with Crippen LogP contribution in [0.1, 0.15) is 21.5 Å². The monoisotopic (exact) mass is 298 g/mol. The predicted molar refractivity (Wildman–Crippen MR) is 86.3 cm³/mol. The Morgan fingerprint density at radius 2 is 1.41 bits per heavy atom. The third-order valence-corrected chi connectivity index (χ3v) is 3.04. The van der Waals surface area contributed by atoms with Gasteiger partial charge in [0.15, 0.2) is 0 Å². The maximum atomic E-state index is 12.0. The standard InChI is InChI=1S/C17H18N2O3/c1-11-8-12(2)10-15(9-11)19-17(21)18-14-6-4-13(5-7-14)16(20)22-3/h4-10H,1-3H3,(H2,18,19,21). The van der Waals surface area contributed by atoms with Crippen LogP contribution in [0.3, 0.4) is 0 Å². The first-order valence-corrected chi connectivity index (χ1v) is 6.82. The van der Waals surface area contributed by atoms with Crippen molar-refractivity contribution in [3.8, 4) is 0 Å². The molecule has 0 radical (unpaired) electrons. The highest BCUT2D eigenvalue weighted by molar-refractivity contribution is 6.00. The number of nitrogens with one attached hydrogen (secondary N) is 2. The minimum absolute atomic E-state index is 0.337. The molecule has 0 bridgehead atoms. The number of benzene rings is 2. The minimum Gasteiger partial charge on any atom is -0.465 e. The third kappa shape index (κ3) is 4.09. The van der Waals surface area contributed by atoms with Crippen molar-refractivity contribution < 1.29 is 14.3 Å². The number of carbonyl (C=O) groups excluding carboxylic acids is 2. The molecule has 5 heteroatoms. The van der Waals surface area contributed by atoms with Crippen molar-refractivity contribution >= 4 is 23.4 Å². The van der Waals surface area contributed by atoms with Crippen molar-refractivity contribution in [3.05, 3.63) is 59.2 Å². The van der Waals surface area contributed by atoms with Crippen LogP contribution in [-0.2, 0) is 4.74 Å². The van der Waals surface area contributed by atoms with E-state index in [1.54, 1.807) is 24.3 Å². The summed E-state index contributed by atoms with van der Waals surface area (Å²) in [6, 6.07) is 12.0. The van der Waals surface area contributed by atoms with Gasteiger partial charge in [0.05, 0.1) is 12.7 Å². The van der Waals surface area contributed by atoms with Crippen molar-refractivity contribution in [1.29, 1.82) is 0 Å². The van der Waals surface area contributed by atoms with Gasteiger partial charge in [-0.1, -0.05) is 6.07 Å². The molecule has 0 atom stereocenters. The lowest BCUT2D eigenvalue weighted by atomic mass is 10.1. The molecule has 0 saturated carbocycles. The number of amides is 2. The first kappa shape index (κ1) is 15.6. The quantitative estimate of drug-likeness (QED) is 0.848. The van der Waals surface area contributed by atoms with E-state index in [4.69, 9.17) is 0 Å². The highest BCUT2D eigenvalue weighted by Crippen LogP contribution is 2.15. The van der Waals surface area contributed by atoms with Gasteiger partial charge in [-0.3, -0.25) is 0 Å². The molecule has 0 aliphatic carbocycles. The first-order chi connectivity index (χ1) is 10.5. The van der Waals surface area contributed by atoms with E-state index in [1.165, 1.54) is 7.11 Å². The van der Waals surface area contributed by atoms with Crippen LogP contribution >= 0.6 is 0 Å². The van der Waals surface area contributed by atoms with Crippen LogP contribution in [0.4, 0.5) is 16.2 Å². The van der Waals surface area contributed by atoms with E-state index in [2.05, 4.69) is 15.4 Å². The predicted octanol–water partition coefficient (Wildman–Crippen LogP) is 3.73. The Hall–Kier alpha value is -2.82. The number of esters is 1. The number of rotatable bonds is 3. The van der Waals surface area contributed by atoms with Gasteiger partial charge in [-0.25, -0.2) is 9.59 Å². The smallest absolute Gasteiger partial charge is 0.337 e. The number of aryl methyl sites for hydroxylation is 2. The summed E-state index contributed by atoms with van der Waals surface area (Å²) in [5.74, 6) is -0.411. The highest BCUT2D eigenvalue weighted by Gasteiger charge is 2.07. The summed E-state index contributed by atoms with van der Waals surface area (Å²) >= 11 is 0. The number of anilines is 2. The molecule has 0 aliphatic rings. The second-order valence-electron chi connectivity index (χ2n) is 5.02. The molecule has 114 valence electrons. The zero-order valence-electron chi connectivity index (χ0n) is 12.8. The summed E-state index contributed by atoms with van der Waals surface area (Å²) in [4.78, 5) is 23.3. The summed E-state index contributed by atoms with van der Waals surface area (Å²) in [7, 11) is 1.33. The van der Waals surface area contributed by atoms with Crippen LogP contribution in [0, 0.1) is 13.8 Å². The lowest BCUT2D eigenvalue weighted by molar-refractivity contribution is 0.0601. The number of urea groups is 1. The number of hydrogen-bond acceptors (Lipinski definition) is 3. The van der Waals surface area contributed by atoms with Crippen LogP contribution in [-0.4, -0.2) is 19.1 Å². The summed E-state index contributed by atoms with van der Waals surface area (Å²) in [6.07, 6.45) is 0. The van der Waals surface area contributed by atoms with Crippen molar-refractivity contribution in [3.63, 3.8) is 0 Å². The molecular formula is C17H18N2O3. The Bertz CT molecular complexity index is 673. The second-order valence-corrected chi connectivity index (χ2v) is 5.02. The minimum atomic E-state index is -0.411. The zero-order valence-corrected chi connectivity index (χ0v) is 12.8. The molecule has 22 heavy (non-hydrogen) atoms. The number of ether oxygens (including phenoxy) is 1. The van der Waals surface area contributed by atoms with E-state index in [0.717, 1.165) is 16.8 Å². The molecule has 5 nitrogen and oxygen atoms in total. The van der Waals surface area contributed by atoms with Crippen molar-refractivity contribution in [2.75, 3.05) is 17.7 Å². The second kappa shape index (κ2) is 6.76. The third-order valence-electron chi connectivity index (χ3n) is 3.04. The van der Waals surface area contributed by atoms with Crippen molar-refractivity contribution in [2.45, 2.75) is 13.8 Å². The van der Waals surface area contributed by atoms with E-state index < -0.39 is 5.97 Å². The van der Waals surface area contributed by atoms with E-state index in [0.29, 0.717) is 11.3 Å². The lowest BCUT2D eigenvalue weighted by Gasteiger charge is -2.09. The summed E-state index contributed by atoms with van der Waals surface area (Å²) in [5.41, 5.74) is 3.92. The first-order valence-electron chi connectivity index (χ1n) is 6.82. The maximum absolute atomic E-state index is 12.0. The van der Waals surface area contributed by atoms with Crippen LogP contribution < -0.4 is 10.6 Å². The molecule has 2 rings (SSSR count). The number of carbonyl (C=O) groups is 2. The zero-order chi connectivity index (χ0) is 16.1. The van der Waals surface area contributed by atoms with Gasteiger partial charge < -0.3 is 15.4 Å². The van der Waals surface area contributed by atoms with Gasteiger partial charge in [-0.05, 0) is 61.4 Å². The van der Waals surface area contributed by atoms with Gasteiger partial charge in [0.25, 0.3) is 0 Å². The summed E-state index contributed by atoms with van der Waals surface area (Å²) < 4.78 is 4.62. The number of hydrogen-bond donors (Lipinski definition) is 2. The SMILES string of the molecule is COC(=O)c1ccc(NC(=O)Nc2cc(C)cc(C)c2)cc1. The Balaban J connectivity index is 2.01. The topological polar surface area (TPSA) is 67.4 Å². The van der Waals surface area contributed by atoms with Crippen molar-refractivity contribution in [2.24, 2.45) is 0 Å². The molecule has 0 unspecified atom stereocenters. The molecule has 2 aromatic carbocycles. The van der Waals surface area contributed by atoms with Gasteiger partial charge in [0.2, 0.25) is 0 Å². The molecular weight excluding hydrogens is 280 g/mol. The molecule has 2 aromatic rings. The normalized spacial score (nSPS) is 9.95. The van der Waals surface area contributed by atoms with Crippen molar-refractivity contribution in [1.82, 2.24) is 0 Å².